The van der Waals surface area contributed by atoms with E-state index in [0.717, 1.165) is 18.6 Å². The zero-order chi connectivity index (χ0) is 16.9. The molecule has 0 spiro atoms. The number of nitrogens with one attached hydrogen (secondary N) is 1. The smallest absolute Gasteiger partial charge is 0.416 e. The van der Waals surface area contributed by atoms with E-state index in [4.69, 9.17) is 4.74 Å². The maximum absolute atomic E-state index is 12.6. The van der Waals surface area contributed by atoms with E-state index in [2.05, 4.69) is 5.32 Å². The maximum atomic E-state index is 12.6. The van der Waals surface area contributed by atoms with Crippen molar-refractivity contribution in [2.45, 2.75) is 25.4 Å². The van der Waals surface area contributed by atoms with Crippen molar-refractivity contribution >= 4 is 17.6 Å². The number of alkyl halides is 3. The Labute approximate surface area is 131 Å². The molecule has 1 N–H and O–H groups in total. The quantitative estimate of drug-likeness (QED) is 0.680. The first-order valence-corrected chi connectivity index (χ1v) is 7.15. The van der Waals surface area contributed by atoms with Gasteiger partial charge in [-0.2, -0.15) is 13.2 Å². The molecule has 4 nitrogen and oxygen atoms in total. The highest BCUT2D eigenvalue weighted by atomic mass is 19.4. The molecule has 1 amide bonds. The van der Waals surface area contributed by atoms with Crippen LogP contribution in [0.4, 0.5) is 18.9 Å². The van der Waals surface area contributed by atoms with Gasteiger partial charge in [-0.15, -0.1) is 0 Å². The lowest BCUT2D eigenvalue weighted by Gasteiger charge is -2.16. The summed E-state index contributed by atoms with van der Waals surface area (Å²) in [5.41, 5.74) is -0.859. The fourth-order valence-corrected chi connectivity index (χ4v) is 2.23. The van der Waals surface area contributed by atoms with Crippen molar-refractivity contribution < 1.29 is 27.5 Å². The summed E-state index contributed by atoms with van der Waals surface area (Å²) >= 11 is 0. The highest BCUT2D eigenvalue weighted by Gasteiger charge is 2.30. The second kappa shape index (κ2) is 7.30. The molecular weight excluding hydrogens is 311 g/mol. The molecule has 124 valence electrons. The van der Waals surface area contributed by atoms with Crippen molar-refractivity contribution in [3.63, 3.8) is 0 Å². The van der Waals surface area contributed by atoms with Crippen molar-refractivity contribution in [1.29, 1.82) is 0 Å². The standard InChI is InChI=1S/C16H16F3NO3/c17-16(18,19)12-7-4-8-13(9-12)20-14(21)10-23-15(22)11-5-2-1-3-6-11/h1-2,4,7-9,11H,3,5-6,10H2,(H,20,21)/t11-/m1/s1. The molecule has 1 aromatic rings. The van der Waals surface area contributed by atoms with Gasteiger partial charge in [0.05, 0.1) is 11.5 Å². The molecule has 23 heavy (non-hydrogen) atoms. The van der Waals surface area contributed by atoms with Gasteiger partial charge in [0.1, 0.15) is 0 Å². The van der Waals surface area contributed by atoms with E-state index in [1.165, 1.54) is 12.1 Å². The minimum Gasteiger partial charge on any atom is -0.455 e. The Bertz CT molecular complexity index is 611. The fraction of sp³-hybridized carbons (Fsp3) is 0.375. The summed E-state index contributed by atoms with van der Waals surface area (Å²) in [5, 5.41) is 2.28. The minimum absolute atomic E-state index is 0.00136. The Morgan fingerprint density at radius 2 is 2.04 bits per heavy atom. The summed E-state index contributed by atoms with van der Waals surface area (Å²) in [5.74, 6) is -1.40. The molecule has 0 heterocycles. The van der Waals surface area contributed by atoms with E-state index in [1.54, 1.807) is 0 Å². The second-order valence-corrected chi connectivity index (χ2v) is 5.22. The van der Waals surface area contributed by atoms with Crippen molar-refractivity contribution in [3.8, 4) is 0 Å². The van der Waals surface area contributed by atoms with Gasteiger partial charge in [0.15, 0.2) is 6.61 Å². The molecule has 1 aliphatic rings. The van der Waals surface area contributed by atoms with Crippen LogP contribution < -0.4 is 5.32 Å². The van der Waals surface area contributed by atoms with Gasteiger partial charge in [-0.25, -0.2) is 0 Å². The van der Waals surface area contributed by atoms with Crippen LogP contribution in [0.5, 0.6) is 0 Å². The number of halogens is 3. The number of ether oxygens (including phenoxy) is 1. The Kier molecular flexibility index (Phi) is 5.41. The Hall–Kier alpha value is -2.31. The summed E-state index contributed by atoms with van der Waals surface area (Å²) in [6.07, 6.45) is 1.42. The number of allylic oxidation sites excluding steroid dienone is 2. The molecule has 0 fully saturated rings. The predicted octanol–water partition coefficient (Wildman–Crippen LogP) is 3.54. The first-order valence-electron chi connectivity index (χ1n) is 7.15. The highest BCUT2D eigenvalue weighted by molar-refractivity contribution is 5.93. The predicted molar refractivity (Wildman–Crippen MR) is 77.5 cm³/mol. The Morgan fingerprint density at radius 1 is 1.26 bits per heavy atom. The average Bonchev–Trinajstić information content (AvgIpc) is 2.53. The number of carbonyl (C=O) groups excluding carboxylic acids is 2. The largest absolute Gasteiger partial charge is 0.455 e. The maximum Gasteiger partial charge on any atom is 0.416 e. The number of hydrogen-bond donors (Lipinski definition) is 1. The second-order valence-electron chi connectivity index (χ2n) is 5.22. The van der Waals surface area contributed by atoms with Crippen LogP contribution in [0, 0.1) is 5.92 Å². The van der Waals surface area contributed by atoms with E-state index >= 15 is 0 Å². The van der Waals surface area contributed by atoms with Gasteiger partial charge < -0.3 is 10.1 Å². The van der Waals surface area contributed by atoms with Gasteiger partial charge >= 0.3 is 12.1 Å². The lowest BCUT2D eigenvalue weighted by Crippen LogP contribution is -2.25. The molecule has 0 radical (unpaired) electrons. The molecule has 1 aliphatic carbocycles. The van der Waals surface area contributed by atoms with Crippen molar-refractivity contribution in [1.82, 2.24) is 0 Å². The van der Waals surface area contributed by atoms with Gasteiger partial charge in [-0.05, 0) is 37.5 Å². The number of anilines is 1. The van der Waals surface area contributed by atoms with Crippen molar-refractivity contribution in [2.75, 3.05) is 11.9 Å². The van der Waals surface area contributed by atoms with Crippen molar-refractivity contribution in [3.05, 3.63) is 42.0 Å². The van der Waals surface area contributed by atoms with E-state index in [-0.39, 0.29) is 11.6 Å². The number of esters is 1. The highest BCUT2D eigenvalue weighted by Crippen LogP contribution is 2.30. The van der Waals surface area contributed by atoms with Crippen LogP contribution in [0.1, 0.15) is 24.8 Å². The topological polar surface area (TPSA) is 55.4 Å². The third-order valence-corrected chi connectivity index (χ3v) is 3.42. The summed E-state index contributed by atoms with van der Waals surface area (Å²) in [6, 6.07) is 4.26. The summed E-state index contributed by atoms with van der Waals surface area (Å²) in [6.45, 7) is -0.519. The SMILES string of the molecule is O=C(COC(=O)[C@@H]1CC=CCC1)Nc1cccc(C(F)(F)F)c1. The third-order valence-electron chi connectivity index (χ3n) is 3.42. The molecule has 1 atom stereocenters. The van der Waals surface area contributed by atoms with E-state index in [9.17, 15) is 22.8 Å². The lowest BCUT2D eigenvalue weighted by atomic mass is 9.95. The molecule has 0 saturated carbocycles. The van der Waals surface area contributed by atoms with Crippen LogP contribution in [0.2, 0.25) is 0 Å². The fourth-order valence-electron chi connectivity index (χ4n) is 2.23. The first-order chi connectivity index (χ1) is 10.9. The summed E-state index contributed by atoms with van der Waals surface area (Å²) in [4.78, 5) is 23.4. The number of carbonyl (C=O) groups is 2. The van der Waals surface area contributed by atoms with Crippen LogP contribution >= 0.6 is 0 Å². The normalized spacial score (nSPS) is 17.6. The van der Waals surface area contributed by atoms with Crippen molar-refractivity contribution in [2.24, 2.45) is 5.92 Å². The summed E-state index contributed by atoms with van der Waals surface area (Å²) < 4.78 is 42.6. The number of benzene rings is 1. The van der Waals surface area contributed by atoms with Crippen LogP contribution in [0.3, 0.4) is 0 Å². The number of rotatable bonds is 4. The van der Waals surface area contributed by atoms with Gasteiger partial charge in [-0.1, -0.05) is 18.2 Å². The number of amides is 1. The first kappa shape index (κ1) is 17.1. The van der Waals surface area contributed by atoms with E-state index in [1.807, 2.05) is 12.2 Å². The van der Waals surface area contributed by atoms with Crippen LogP contribution in [0.25, 0.3) is 0 Å². The van der Waals surface area contributed by atoms with E-state index < -0.39 is 30.2 Å². The molecule has 0 bridgehead atoms. The minimum atomic E-state index is -4.48. The zero-order valence-corrected chi connectivity index (χ0v) is 12.2. The summed E-state index contributed by atoms with van der Waals surface area (Å²) in [7, 11) is 0. The van der Waals surface area contributed by atoms with Gasteiger partial charge in [-0.3, -0.25) is 9.59 Å². The third kappa shape index (κ3) is 5.12. The van der Waals surface area contributed by atoms with Gasteiger partial charge in [0.2, 0.25) is 0 Å². The Balaban J connectivity index is 1.85. The zero-order valence-electron chi connectivity index (χ0n) is 12.2. The molecule has 0 aliphatic heterocycles. The average molecular weight is 327 g/mol. The van der Waals surface area contributed by atoms with Crippen LogP contribution in [-0.2, 0) is 20.5 Å². The molecule has 0 aromatic heterocycles. The molecule has 1 aromatic carbocycles. The lowest BCUT2D eigenvalue weighted by molar-refractivity contribution is -0.151. The van der Waals surface area contributed by atoms with Gasteiger partial charge in [0, 0.05) is 5.69 Å². The Morgan fingerprint density at radius 3 is 2.70 bits per heavy atom. The molecular formula is C16H16F3NO3. The number of hydrogen-bond acceptors (Lipinski definition) is 3. The van der Waals surface area contributed by atoms with Gasteiger partial charge in [0.25, 0.3) is 5.91 Å². The van der Waals surface area contributed by atoms with E-state index in [0.29, 0.717) is 12.8 Å². The molecule has 7 heteroatoms. The van der Waals surface area contributed by atoms with Crippen LogP contribution in [-0.4, -0.2) is 18.5 Å². The molecule has 2 rings (SSSR count). The monoisotopic (exact) mass is 327 g/mol. The molecule has 0 saturated heterocycles. The molecule has 0 unspecified atom stereocenters. The van der Waals surface area contributed by atoms with Crippen LogP contribution in [0.15, 0.2) is 36.4 Å².